The molecule has 4 atom stereocenters. The largest absolute Gasteiger partial charge is 0.384 e. The van der Waals surface area contributed by atoms with Gasteiger partial charge in [-0.05, 0) is 74.3 Å². The number of nitrogens with zero attached hydrogens (tertiary/aromatic N) is 4. The molecule has 2 aliphatic rings. The number of nitrogens with one attached hydrogen (secondary N) is 4. The molecule has 2 fully saturated rings. The van der Waals surface area contributed by atoms with Gasteiger partial charge in [0.2, 0.25) is 17.6 Å². The fourth-order valence-corrected chi connectivity index (χ4v) is 7.93. The van der Waals surface area contributed by atoms with Crippen molar-refractivity contribution in [3.8, 4) is 0 Å². The lowest BCUT2D eigenvalue weighted by molar-refractivity contribution is -0.142. The zero-order valence-corrected chi connectivity index (χ0v) is 34.0. The van der Waals surface area contributed by atoms with E-state index in [2.05, 4.69) is 31.6 Å². The summed E-state index contributed by atoms with van der Waals surface area (Å²) in [5.74, 6) is -3.30. The lowest BCUT2D eigenvalue weighted by Crippen LogP contribution is -2.56. The number of carbonyl (C=O) groups excluding carboxylic acids is 6. The molecule has 0 bridgehead atoms. The summed E-state index contributed by atoms with van der Waals surface area (Å²) in [6.45, 7) is 7.94. The van der Waals surface area contributed by atoms with Gasteiger partial charge in [-0.1, -0.05) is 81.5 Å². The summed E-state index contributed by atoms with van der Waals surface area (Å²) in [6, 6.07) is 8.72. The molecule has 0 unspecified atom stereocenters. The van der Waals surface area contributed by atoms with Crippen molar-refractivity contribution in [3.05, 3.63) is 59.9 Å². The highest BCUT2D eigenvalue weighted by atomic mass is 16.3. The topological polar surface area (TPSA) is 231 Å². The molecular formula is C42H59N9O7. The van der Waals surface area contributed by atoms with E-state index in [1.165, 1.54) is 15.8 Å². The molecule has 314 valence electrons. The number of primary amides is 1. The number of fused-ring (bicyclic) bond motifs is 1. The predicted octanol–water partition coefficient (Wildman–Crippen LogP) is 3.23. The Kier molecular flexibility index (Phi) is 15.0. The van der Waals surface area contributed by atoms with Crippen LogP contribution >= 0.6 is 0 Å². The van der Waals surface area contributed by atoms with Crippen LogP contribution in [0.5, 0.6) is 0 Å². The number of amides is 6. The Bertz CT molecular complexity index is 1930. The highest BCUT2D eigenvalue weighted by Crippen LogP contribution is 2.34. The molecule has 58 heavy (non-hydrogen) atoms. The van der Waals surface area contributed by atoms with Crippen molar-refractivity contribution >= 4 is 46.2 Å². The van der Waals surface area contributed by atoms with E-state index in [-0.39, 0.29) is 37.3 Å². The Hall–Kier alpha value is -5.38. The molecule has 7 N–H and O–H groups in total. The van der Waals surface area contributed by atoms with Crippen molar-refractivity contribution in [1.82, 2.24) is 41.2 Å². The number of hydrogen-bond donors (Lipinski definition) is 6. The Balaban J connectivity index is 1.39. The van der Waals surface area contributed by atoms with Gasteiger partial charge >= 0.3 is 6.03 Å². The number of urea groups is 1. The number of carbonyl (C=O) groups is 6. The van der Waals surface area contributed by atoms with Gasteiger partial charge in [-0.2, -0.15) is 0 Å². The molecule has 1 aliphatic carbocycles. The van der Waals surface area contributed by atoms with Crippen LogP contribution in [-0.4, -0.2) is 98.2 Å². The monoisotopic (exact) mass is 801 g/mol. The maximum atomic E-state index is 14.9. The van der Waals surface area contributed by atoms with Gasteiger partial charge in [0.05, 0.1) is 24.0 Å². The van der Waals surface area contributed by atoms with Crippen LogP contribution in [0.15, 0.2) is 48.7 Å². The minimum atomic E-state index is -1.35. The van der Waals surface area contributed by atoms with E-state index in [1.54, 1.807) is 26.0 Å². The number of rotatable bonds is 18. The Morgan fingerprint density at radius 1 is 0.931 bits per heavy atom. The molecule has 6 amide bonds. The van der Waals surface area contributed by atoms with Gasteiger partial charge in [0, 0.05) is 31.6 Å². The van der Waals surface area contributed by atoms with Gasteiger partial charge < -0.3 is 37.0 Å². The van der Waals surface area contributed by atoms with E-state index in [9.17, 15) is 33.9 Å². The van der Waals surface area contributed by atoms with E-state index in [1.807, 2.05) is 44.2 Å². The Morgan fingerprint density at radius 3 is 2.34 bits per heavy atom. The zero-order chi connectivity index (χ0) is 42.0. The summed E-state index contributed by atoms with van der Waals surface area (Å²) in [4.78, 5) is 81.8. The standard InChI is InChI=1S/C42H59N9O7/c1-26(2)23-45-41(57)44-19-11-10-16-32(36(52)37(43)53)47-39(55)34-22-31(51-35(24-46-49-51)42(3,4)58)25-50(34)40(56)33(20-27-12-6-5-7-13-27)48-38(54)30-18-17-28-14-8-9-15-29(28)21-30/h8-9,14-15,17-18,21,24,26-27,31-34,58H,5-7,10-13,16,19-20,22-23,25H2,1-4H3,(H2,43,53)(H,47,55)(H,48,54)(H2,44,45,57)/t31-,32+,33+,34-/m0/s1. The number of ketones is 1. The number of nitrogens with two attached hydrogens (primary N) is 1. The molecule has 1 saturated heterocycles. The maximum Gasteiger partial charge on any atom is 0.314 e. The summed E-state index contributed by atoms with van der Waals surface area (Å²) >= 11 is 0. The number of Topliss-reactive ketones (excluding diaryl/α,β-unsaturated/α-hetero) is 1. The van der Waals surface area contributed by atoms with Crippen LogP contribution in [0.1, 0.15) is 114 Å². The second-order valence-corrected chi connectivity index (χ2v) is 16.7. The highest BCUT2D eigenvalue weighted by Gasteiger charge is 2.45. The first kappa shape index (κ1) is 43.7. The quantitative estimate of drug-likeness (QED) is 0.0818. The second kappa shape index (κ2) is 19.9. The number of hydrogen-bond acceptors (Lipinski definition) is 9. The fourth-order valence-electron chi connectivity index (χ4n) is 7.93. The third kappa shape index (κ3) is 11.6. The van der Waals surface area contributed by atoms with Gasteiger partial charge in [-0.3, -0.25) is 24.0 Å². The van der Waals surface area contributed by atoms with Crippen molar-refractivity contribution in [2.75, 3.05) is 19.6 Å². The van der Waals surface area contributed by atoms with Crippen LogP contribution in [0, 0.1) is 11.8 Å². The molecule has 16 nitrogen and oxygen atoms in total. The molecule has 3 aromatic rings. The van der Waals surface area contributed by atoms with E-state index < -0.39 is 59.2 Å². The number of unbranched alkanes of at least 4 members (excludes halogenated alkanes) is 1. The Morgan fingerprint density at radius 2 is 1.66 bits per heavy atom. The molecular weight excluding hydrogens is 743 g/mol. The predicted molar refractivity (Wildman–Crippen MR) is 217 cm³/mol. The molecule has 1 aliphatic heterocycles. The van der Waals surface area contributed by atoms with Gasteiger partial charge in [0.25, 0.3) is 11.8 Å². The van der Waals surface area contributed by atoms with Crippen molar-refractivity contribution < 1.29 is 33.9 Å². The molecule has 1 aromatic heterocycles. The Labute approximate surface area is 339 Å². The summed E-state index contributed by atoms with van der Waals surface area (Å²) < 4.78 is 1.51. The normalized spacial score (nSPS) is 18.4. The smallest absolute Gasteiger partial charge is 0.314 e. The van der Waals surface area contributed by atoms with Gasteiger partial charge in [-0.15, -0.1) is 5.10 Å². The molecule has 16 heteroatoms. The maximum absolute atomic E-state index is 14.9. The van der Waals surface area contributed by atoms with Crippen LogP contribution in [-0.2, 0) is 24.8 Å². The van der Waals surface area contributed by atoms with E-state index in [4.69, 9.17) is 5.73 Å². The highest BCUT2D eigenvalue weighted by molar-refractivity contribution is 6.37. The third-order valence-corrected chi connectivity index (χ3v) is 11.1. The molecule has 0 spiro atoms. The van der Waals surface area contributed by atoms with Crippen molar-refractivity contribution in [2.45, 2.75) is 122 Å². The average Bonchev–Trinajstić information content (AvgIpc) is 3.88. The van der Waals surface area contributed by atoms with E-state index in [0.717, 1.165) is 42.9 Å². The number of likely N-dealkylation sites (tertiary alicyclic amines) is 1. The number of aliphatic hydroxyl groups is 1. The number of aromatic nitrogens is 3. The molecule has 0 radical (unpaired) electrons. The van der Waals surface area contributed by atoms with Crippen molar-refractivity contribution in [2.24, 2.45) is 17.6 Å². The SMILES string of the molecule is CC(C)CNC(=O)NCCCC[C@@H](NC(=O)[C@@H]1C[C@H](n2nncc2C(C)(C)O)CN1C(=O)[C@@H](CC1CCCCC1)NC(=O)c1ccc2ccccc2c1)C(=O)C(N)=O. The summed E-state index contributed by atoms with van der Waals surface area (Å²) in [5.41, 5.74) is 4.84. The second-order valence-electron chi connectivity index (χ2n) is 16.7. The fraction of sp³-hybridized carbons (Fsp3) is 0.571. The minimum absolute atomic E-state index is 0.00462. The molecule has 1 saturated carbocycles. The molecule has 2 aromatic carbocycles. The molecule has 2 heterocycles. The summed E-state index contributed by atoms with van der Waals surface area (Å²) in [5, 5.41) is 32.3. The van der Waals surface area contributed by atoms with Crippen LogP contribution < -0.4 is 27.0 Å². The first-order valence-corrected chi connectivity index (χ1v) is 20.5. The zero-order valence-electron chi connectivity index (χ0n) is 34.0. The average molecular weight is 802 g/mol. The van der Waals surface area contributed by atoms with E-state index in [0.29, 0.717) is 43.6 Å². The molecule has 5 rings (SSSR count). The van der Waals surface area contributed by atoms with Gasteiger partial charge in [0.1, 0.15) is 17.7 Å². The van der Waals surface area contributed by atoms with Crippen LogP contribution in [0.2, 0.25) is 0 Å². The first-order valence-electron chi connectivity index (χ1n) is 20.5. The number of benzene rings is 2. The van der Waals surface area contributed by atoms with Crippen molar-refractivity contribution in [3.63, 3.8) is 0 Å². The van der Waals surface area contributed by atoms with Crippen LogP contribution in [0.25, 0.3) is 10.8 Å². The first-order chi connectivity index (χ1) is 27.6. The summed E-state index contributed by atoms with van der Waals surface area (Å²) in [7, 11) is 0. The van der Waals surface area contributed by atoms with Crippen LogP contribution in [0.4, 0.5) is 4.79 Å². The van der Waals surface area contributed by atoms with Crippen molar-refractivity contribution in [1.29, 1.82) is 0 Å². The minimum Gasteiger partial charge on any atom is -0.384 e. The lowest BCUT2D eigenvalue weighted by atomic mass is 9.84. The van der Waals surface area contributed by atoms with Crippen LogP contribution in [0.3, 0.4) is 0 Å². The third-order valence-electron chi connectivity index (χ3n) is 11.1. The van der Waals surface area contributed by atoms with E-state index >= 15 is 0 Å². The summed E-state index contributed by atoms with van der Waals surface area (Å²) in [6.07, 6.45) is 7.68. The van der Waals surface area contributed by atoms with Gasteiger partial charge in [0.15, 0.2) is 0 Å². The van der Waals surface area contributed by atoms with Gasteiger partial charge in [-0.25, -0.2) is 9.48 Å². The lowest BCUT2D eigenvalue weighted by Gasteiger charge is -2.32.